The second-order valence-corrected chi connectivity index (χ2v) is 7.66. The molecule has 1 aromatic rings. The Morgan fingerprint density at radius 2 is 1.77 bits per heavy atom. The minimum Gasteiger partial charge on any atom is -0.342 e. The molecule has 1 aliphatic rings. The van der Waals surface area contributed by atoms with Crippen molar-refractivity contribution in [3.63, 3.8) is 0 Å². The fourth-order valence-electron chi connectivity index (χ4n) is 2.55. The van der Waals surface area contributed by atoms with Crippen molar-refractivity contribution in [1.29, 1.82) is 0 Å². The molecule has 0 saturated carbocycles. The van der Waals surface area contributed by atoms with Crippen molar-refractivity contribution in [3.8, 4) is 0 Å². The van der Waals surface area contributed by atoms with E-state index in [1.807, 2.05) is 0 Å². The minimum atomic E-state index is -3.44. The van der Waals surface area contributed by atoms with Gasteiger partial charge in [-0.2, -0.15) is 4.31 Å². The molecule has 122 valence electrons. The lowest BCUT2D eigenvalue weighted by Gasteiger charge is -2.25. The summed E-state index contributed by atoms with van der Waals surface area (Å²) in [5, 5.41) is 0. The van der Waals surface area contributed by atoms with Crippen molar-refractivity contribution >= 4 is 15.9 Å². The number of hydrogen-bond acceptors (Lipinski definition) is 4. The Morgan fingerprint density at radius 1 is 1.18 bits per heavy atom. The average Bonchev–Trinajstić information content (AvgIpc) is 2.76. The summed E-state index contributed by atoms with van der Waals surface area (Å²) < 4.78 is 25.2. The summed E-state index contributed by atoms with van der Waals surface area (Å²) in [5.41, 5.74) is 0.823. The fourth-order valence-corrected chi connectivity index (χ4v) is 3.28. The summed E-state index contributed by atoms with van der Waals surface area (Å²) >= 11 is 0. The number of rotatable bonds is 5. The number of likely N-dealkylation sites (tertiary alicyclic amines) is 1. The van der Waals surface area contributed by atoms with E-state index in [4.69, 9.17) is 0 Å². The van der Waals surface area contributed by atoms with Gasteiger partial charge in [0, 0.05) is 32.0 Å². The van der Waals surface area contributed by atoms with Crippen molar-refractivity contribution in [2.45, 2.75) is 32.2 Å². The van der Waals surface area contributed by atoms with E-state index >= 15 is 0 Å². The summed E-state index contributed by atoms with van der Waals surface area (Å²) in [6.45, 7) is 1.56. The lowest BCUT2D eigenvalue weighted by Crippen LogP contribution is -2.42. The monoisotopic (exact) mass is 325 g/mol. The second-order valence-electron chi connectivity index (χ2n) is 5.68. The van der Waals surface area contributed by atoms with Gasteiger partial charge in [-0.15, -0.1) is 0 Å². The van der Waals surface area contributed by atoms with Crippen LogP contribution in [0.15, 0.2) is 24.5 Å². The maximum Gasteiger partial charge on any atom is 0.237 e. The predicted octanol–water partition coefficient (Wildman–Crippen LogP) is 1.25. The number of carbonyl (C=O) groups is 1. The molecule has 0 spiro atoms. The van der Waals surface area contributed by atoms with Crippen LogP contribution in [0.3, 0.4) is 0 Å². The van der Waals surface area contributed by atoms with Crippen LogP contribution in [-0.4, -0.2) is 54.4 Å². The maximum absolute atomic E-state index is 12.4. The van der Waals surface area contributed by atoms with Crippen LogP contribution in [0.5, 0.6) is 0 Å². The topological polar surface area (TPSA) is 70.6 Å². The summed E-state index contributed by atoms with van der Waals surface area (Å²) in [7, 11) is -3.44. The van der Waals surface area contributed by atoms with Crippen molar-refractivity contribution in [2.24, 2.45) is 0 Å². The van der Waals surface area contributed by atoms with Gasteiger partial charge in [0.05, 0.1) is 12.8 Å². The van der Waals surface area contributed by atoms with Crippen molar-refractivity contribution in [1.82, 2.24) is 14.2 Å². The van der Waals surface area contributed by atoms with E-state index in [0.29, 0.717) is 0 Å². The van der Waals surface area contributed by atoms with Crippen LogP contribution < -0.4 is 0 Å². The zero-order valence-electron chi connectivity index (χ0n) is 12.9. The van der Waals surface area contributed by atoms with Crippen LogP contribution >= 0.6 is 0 Å². The summed E-state index contributed by atoms with van der Waals surface area (Å²) in [5.74, 6) is -0.110. The number of hydrogen-bond donors (Lipinski definition) is 0. The number of sulfonamides is 1. The molecule has 0 aromatic carbocycles. The third kappa shape index (κ3) is 5.06. The molecule has 1 aliphatic heterocycles. The van der Waals surface area contributed by atoms with Gasteiger partial charge in [-0.25, -0.2) is 8.42 Å². The van der Waals surface area contributed by atoms with Gasteiger partial charge in [-0.05, 0) is 30.5 Å². The first-order valence-corrected chi connectivity index (χ1v) is 9.43. The largest absolute Gasteiger partial charge is 0.342 e. The number of nitrogens with zero attached hydrogens (tertiary/aromatic N) is 3. The summed E-state index contributed by atoms with van der Waals surface area (Å²) in [4.78, 5) is 18.1. The minimum absolute atomic E-state index is 0.0961. The Labute approximate surface area is 132 Å². The molecular formula is C15H23N3O3S. The van der Waals surface area contributed by atoms with Crippen LogP contribution in [0.25, 0.3) is 0 Å². The molecule has 2 heterocycles. The molecule has 0 unspecified atom stereocenters. The molecule has 1 fully saturated rings. The van der Waals surface area contributed by atoms with E-state index in [1.165, 1.54) is 4.31 Å². The maximum atomic E-state index is 12.4. The molecule has 0 radical (unpaired) electrons. The van der Waals surface area contributed by atoms with E-state index in [1.54, 1.807) is 29.4 Å². The molecule has 7 heteroatoms. The highest BCUT2D eigenvalue weighted by Gasteiger charge is 2.24. The molecule has 1 saturated heterocycles. The summed E-state index contributed by atoms with van der Waals surface area (Å²) in [6.07, 6.45) is 8.64. The third-order valence-electron chi connectivity index (χ3n) is 3.85. The lowest BCUT2D eigenvalue weighted by molar-refractivity contribution is -0.131. The third-order valence-corrected chi connectivity index (χ3v) is 5.04. The molecule has 2 rings (SSSR count). The smallest absolute Gasteiger partial charge is 0.237 e. The highest BCUT2D eigenvalue weighted by Crippen LogP contribution is 2.12. The Balaban J connectivity index is 2.05. The predicted molar refractivity (Wildman–Crippen MR) is 84.5 cm³/mol. The van der Waals surface area contributed by atoms with Crippen molar-refractivity contribution in [3.05, 3.63) is 30.1 Å². The molecule has 6 nitrogen and oxygen atoms in total. The molecular weight excluding hydrogens is 302 g/mol. The van der Waals surface area contributed by atoms with E-state index < -0.39 is 10.0 Å². The first kappa shape index (κ1) is 16.9. The molecule has 1 amide bonds. The molecule has 0 aliphatic carbocycles. The second kappa shape index (κ2) is 7.69. The van der Waals surface area contributed by atoms with Gasteiger partial charge in [0.1, 0.15) is 0 Å². The molecule has 0 bridgehead atoms. The number of pyridine rings is 1. The van der Waals surface area contributed by atoms with Gasteiger partial charge in [-0.1, -0.05) is 12.8 Å². The van der Waals surface area contributed by atoms with E-state index in [-0.39, 0.29) is 19.0 Å². The standard InChI is InChI=1S/C15H23N3O3S/c1-22(20,21)18(12-14-6-8-16-9-7-14)13-15(19)17-10-4-2-3-5-11-17/h6-9H,2-5,10-13H2,1H3. The van der Waals surface area contributed by atoms with Crippen LogP contribution in [0.1, 0.15) is 31.2 Å². The Bertz CT molecular complexity index is 581. The van der Waals surface area contributed by atoms with Crippen LogP contribution in [0.4, 0.5) is 0 Å². The normalized spacial score (nSPS) is 16.5. The quantitative estimate of drug-likeness (QED) is 0.817. The van der Waals surface area contributed by atoms with Gasteiger partial charge < -0.3 is 4.90 Å². The van der Waals surface area contributed by atoms with Crippen molar-refractivity contribution < 1.29 is 13.2 Å². The Kier molecular flexibility index (Phi) is 5.90. The van der Waals surface area contributed by atoms with E-state index in [9.17, 15) is 13.2 Å². The number of carbonyl (C=O) groups excluding carboxylic acids is 1. The van der Waals surface area contributed by atoms with Crippen LogP contribution in [0, 0.1) is 0 Å². The van der Waals surface area contributed by atoms with Crippen LogP contribution in [-0.2, 0) is 21.4 Å². The lowest BCUT2D eigenvalue weighted by atomic mass is 10.2. The first-order valence-electron chi connectivity index (χ1n) is 7.58. The fraction of sp³-hybridized carbons (Fsp3) is 0.600. The molecule has 1 aromatic heterocycles. The molecule has 22 heavy (non-hydrogen) atoms. The van der Waals surface area contributed by atoms with Gasteiger partial charge in [0.15, 0.2) is 0 Å². The molecule has 0 N–H and O–H groups in total. The number of aromatic nitrogens is 1. The average molecular weight is 325 g/mol. The SMILES string of the molecule is CS(=O)(=O)N(CC(=O)N1CCCCCC1)Cc1ccncc1. The van der Waals surface area contributed by atoms with Gasteiger partial charge in [0.25, 0.3) is 0 Å². The highest BCUT2D eigenvalue weighted by atomic mass is 32.2. The zero-order chi connectivity index (χ0) is 16.0. The van der Waals surface area contributed by atoms with Gasteiger partial charge in [0.2, 0.25) is 15.9 Å². The summed E-state index contributed by atoms with van der Waals surface area (Å²) in [6, 6.07) is 3.52. The zero-order valence-corrected chi connectivity index (χ0v) is 13.8. The van der Waals surface area contributed by atoms with Crippen molar-refractivity contribution in [2.75, 3.05) is 25.9 Å². The van der Waals surface area contributed by atoms with Crippen LogP contribution in [0.2, 0.25) is 0 Å². The first-order chi connectivity index (χ1) is 10.5. The Morgan fingerprint density at radius 3 is 2.32 bits per heavy atom. The Hall–Kier alpha value is -1.47. The van der Waals surface area contributed by atoms with Gasteiger partial charge >= 0.3 is 0 Å². The number of amides is 1. The molecule has 0 atom stereocenters. The van der Waals surface area contributed by atoms with E-state index in [0.717, 1.165) is 50.6 Å². The van der Waals surface area contributed by atoms with Gasteiger partial charge in [-0.3, -0.25) is 9.78 Å². The van der Waals surface area contributed by atoms with E-state index in [2.05, 4.69) is 4.98 Å². The highest BCUT2D eigenvalue weighted by molar-refractivity contribution is 7.88.